The highest BCUT2D eigenvalue weighted by Gasteiger charge is 2.40. The first-order valence-corrected chi connectivity index (χ1v) is 15.4. The van der Waals surface area contributed by atoms with Crippen molar-refractivity contribution in [1.29, 1.82) is 5.26 Å². The van der Waals surface area contributed by atoms with Crippen LogP contribution in [0.5, 0.6) is 11.8 Å². The summed E-state index contributed by atoms with van der Waals surface area (Å²) in [6.07, 6.45) is 8.30. The monoisotopic (exact) mass is 626 g/mol. The van der Waals surface area contributed by atoms with Crippen molar-refractivity contribution in [2.45, 2.75) is 38.3 Å². The minimum atomic E-state index is -1.01. The van der Waals surface area contributed by atoms with Gasteiger partial charge in [-0.1, -0.05) is 18.9 Å². The molecule has 3 aliphatic heterocycles. The molecule has 0 saturated carbocycles. The van der Waals surface area contributed by atoms with Crippen LogP contribution in [0.1, 0.15) is 31.7 Å². The molecule has 3 aliphatic rings. The predicted molar refractivity (Wildman–Crippen MR) is 169 cm³/mol. The summed E-state index contributed by atoms with van der Waals surface area (Å²) in [6, 6.07) is 9.01. The SMILES string of the molecule is C#Cc1c(F)ccc2cc(O)cc(-c3c(F)cc4c(N5C[C@H]6CC[C@@H](C5)N6)nc(OC[C@]5(C)CN(C)CC[C@@H]5C#N)nc4c3F)c12. The largest absolute Gasteiger partial charge is 0.508 e. The van der Waals surface area contributed by atoms with Crippen LogP contribution in [-0.2, 0) is 0 Å². The van der Waals surface area contributed by atoms with Crippen molar-refractivity contribution in [3.8, 4) is 41.3 Å². The number of terminal acetylenes is 1. The number of aromatic nitrogens is 2. The van der Waals surface area contributed by atoms with Gasteiger partial charge < -0.3 is 25.0 Å². The van der Waals surface area contributed by atoms with Crippen LogP contribution in [0.25, 0.3) is 32.8 Å². The number of ether oxygens (including phenoxy) is 1. The Morgan fingerprint density at radius 3 is 2.59 bits per heavy atom. The molecule has 4 aromatic rings. The van der Waals surface area contributed by atoms with Gasteiger partial charge in [-0.05, 0) is 62.5 Å². The highest BCUT2D eigenvalue weighted by Crippen LogP contribution is 2.42. The lowest BCUT2D eigenvalue weighted by molar-refractivity contribution is 0.0345. The lowest BCUT2D eigenvalue weighted by Gasteiger charge is -2.41. The number of anilines is 1. The number of nitrogens with one attached hydrogen (secondary N) is 1. The first kappa shape index (κ1) is 30.1. The highest BCUT2D eigenvalue weighted by atomic mass is 19.1. The molecule has 0 aliphatic carbocycles. The van der Waals surface area contributed by atoms with Crippen LogP contribution in [0.2, 0.25) is 0 Å². The number of phenolic OH excluding ortho intramolecular Hbond substituents is 1. The molecule has 3 saturated heterocycles. The van der Waals surface area contributed by atoms with Crippen LogP contribution in [-0.4, -0.2) is 71.9 Å². The van der Waals surface area contributed by atoms with Crippen molar-refractivity contribution in [1.82, 2.24) is 20.2 Å². The molecule has 3 aromatic carbocycles. The zero-order valence-electron chi connectivity index (χ0n) is 25.6. The number of piperazine rings is 1. The molecule has 46 heavy (non-hydrogen) atoms. The average Bonchev–Trinajstić information content (AvgIpc) is 3.37. The first-order chi connectivity index (χ1) is 22.1. The summed E-state index contributed by atoms with van der Waals surface area (Å²) in [5.41, 5.74) is -1.49. The predicted octanol–water partition coefficient (Wildman–Crippen LogP) is 5.36. The summed E-state index contributed by atoms with van der Waals surface area (Å²) in [5, 5.41) is 24.5. The Balaban J connectivity index is 1.41. The Bertz CT molecular complexity index is 1960. The van der Waals surface area contributed by atoms with Crippen LogP contribution in [0, 0.1) is 52.5 Å². The van der Waals surface area contributed by atoms with Crippen LogP contribution in [0.15, 0.2) is 30.3 Å². The summed E-state index contributed by atoms with van der Waals surface area (Å²) < 4.78 is 54.1. The molecular formula is C35H33F3N6O2. The van der Waals surface area contributed by atoms with Crippen LogP contribution >= 0.6 is 0 Å². The molecule has 0 unspecified atom stereocenters. The van der Waals surface area contributed by atoms with Gasteiger partial charge in [-0.2, -0.15) is 15.2 Å². The number of fused-ring (bicyclic) bond motifs is 4. The van der Waals surface area contributed by atoms with Crippen LogP contribution < -0.4 is 15.0 Å². The fourth-order valence-electron chi connectivity index (χ4n) is 7.55. The fourth-order valence-corrected chi connectivity index (χ4v) is 7.55. The number of rotatable bonds is 5. The number of nitrogens with zero attached hydrogens (tertiary/aromatic N) is 5. The van der Waals surface area contributed by atoms with E-state index in [2.05, 4.69) is 27.2 Å². The normalized spacial score (nSPS) is 24.7. The van der Waals surface area contributed by atoms with E-state index in [9.17, 15) is 14.8 Å². The highest BCUT2D eigenvalue weighted by molar-refractivity contribution is 6.04. The minimum absolute atomic E-state index is 0.0906. The number of hydrogen-bond acceptors (Lipinski definition) is 8. The Labute approximate surface area is 264 Å². The number of benzene rings is 3. The molecule has 0 spiro atoms. The second-order valence-corrected chi connectivity index (χ2v) is 13.1. The fraction of sp³-hybridized carbons (Fsp3) is 0.400. The quantitative estimate of drug-likeness (QED) is 0.286. The van der Waals surface area contributed by atoms with Crippen molar-refractivity contribution in [3.05, 3.63) is 53.3 Å². The lowest BCUT2D eigenvalue weighted by atomic mass is 9.74. The Kier molecular flexibility index (Phi) is 7.42. The van der Waals surface area contributed by atoms with Gasteiger partial charge in [-0.15, -0.1) is 6.42 Å². The number of halogens is 3. The third-order valence-corrected chi connectivity index (χ3v) is 9.78. The standard InChI is InChI=1S/C35H33F3N6O2/c1-4-24-27(36)8-5-19-11-23(45)12-25(29(19)24)30-28(37)13-26-32(31(30)38)41-34(42-33(26)44-15-21-6-7-22(16-44)40-21)46-18-35(2)17-43(3)10-9-20(35)14-39/h1,5,8,11-13,20-22,40,45H,6-7,9-10,15-18H2,2-3H3/t20-,21-,22+,35+/m1/s1. The van der Waals surface area contributed by atoms with Gasteiger partial charge >= 0.3 is 6.01 Å². The molecule has 4 atom stereocenters. The number of nitriles is 1. The summed E-state index contributed by atoms with van der Waals surface area (Å²) in [5.74, 6) is -0.553. The van der Waals surface area contributed by atoms with Crippen LogP contribution in [0.4, 0.5) is 19.0 Å². The van der Waals surface area contributed by atoms with E-state index in [0.717, 1.165) is 25.5 Å². The zero-order chi connectivity index (χ0) is 32.3. The van der Waals surface area contributed by atoms with E-state index in [1.807, 2.05) is 18.9 Å². The third kappa shape index (κ3) is 5.04. The molecule has 3 fully saturated rings. The molecule has 0 radical (unpaired) electrons. The van der Waals surface area contributed by atoms with E-state index in [4.69, 9.17) is 16.1 Å². The van der Waals surface area contributed by atoms with Gasteiger partial charge in [0.15, 0.2) is 5.82 Å². The average molecular weight is 627 g/mol. The maximum Gasteiger partial charge on any atom is 0.319 e. The molecule has 4 heterocycles. The van der Waals surface area contributed by atoms with Crippen LogP contribution in [0.3, 0.4) is 0 Å². The summed E-state index contributed by atoms with van der Waals surface area (Å²) in [6.45, 7) is 4.70. The molecule has 1 aromatic heterocycles. The van der Waals surface area contributed by atoms with Crippen molar-refractivity contribution in [2.75, 3.05) is 44.7 Å². The molecular weight excluding hydrogens is 593 g/mol. The van der Waals surface area contributed by atoms with Crippen molar-refractivity contribution < 1.29 is 23.0 Å². The van der Waals surface area contributed by atoms with E-state index in [-0.39, 0.29) is 63.8 Å². The zero-order valence-corrected chi connectivity index (χ0v) is 25.6. The Morgan fingerprint density at radius 1 is 1.11 bits per heavy atom. The van der Waals surface area contributed by atoms with Gasteiger partial charge in [0.05, 0.1) is 29.7 Å². The number of likely N-dealkylation sites (tertiary alicyclic amines) is 1. The molecule has 8 nitrogen and oxygen atoms in total. The Morgan fingerprint density at radius 2 is 1.87 bits per heavy atom. The third-order valence-electron chi connectivity index (χ3n) is 9.78. The lowest BCUT2D eigenvalue weighted by Crippen LogP contribution is -2.51. The second-order valence-electron chi connectivity index (χ2n) is 13.1. The number of hydrogen-bond donors (Lipinski definition) is 2. The van der Waals surface area contributed by atoms with E-state index < -0.39 is 28.4 Å². The van der Waals surface area contributed by atoms with Gasteiger partial charge in [0.2, 0.25) is 0 Å². The van der Waals surface area contributed by atoms with E-state index in [1.165, 1.54) is 24.3 Å². The van der Waals surface area contributed by atoms with E-state index in [0.29, 0.717) is 37.3 Å². The van der Waals surface area contributed by atoms with Gasteiger partial charge in [-0.25, -0.2) is 13.2 Å². The maximum atomic E-state index is 16.8. The van der Waals surface area contributed by atoms with Crippen molar-refractivity contribution >= 4 is 27.5 Å². The van der Waals surface area contributed by atoms with Crippen molar-refractivity contribution in [2.24, 2.45) is 11.3 Å². The van der Waals surface area contributed by atoms with E-state index in [1.54, 1.807) is 0 Å². The first-order valence-electron chi connectivity index (χ1n) is 15.4. The number of aromatic hydroxyl groups is 1. The van der Waals surface area contributed by atoms with E-state index >= 15 is 8.78 Å². The van der Waals surface area contributed by atoms with Gasteiger partial charge in [0.25, 0.3) is 0 Å². The van der Waals surface area contributed by atoms with Gasteiger partial charge in [0, 0.05) is 53.5 Å². The molecule has 11 heteroatoms. The molecule has 7 rings (SSSR count). The molecule has 236 valence electrons. The number of phenols is 1. The smallest absolute Gasteiger partial charge is 0.319 e. The molecule has 2 N–H and O–H groups in total. The molecule has 0 amide bonds. The summed E-state index contributed by atoms with van der Waals surface area (Å²) in [4.78, 5) is 13.3. The van der Waals surface area contributed by atoms with Crippen molar-refractivity contribution in [3.63, 3.8) is 0 Å². The Hall–Kier alpha value is -4.58. The topological polar surface area (TPSA) is 97.5 Å². The summed E-state index contributed by atoms with van der Waals surface area (Å²) >= 11 is 0. The second kappa shape index (κ2) is 11.3. The van der Waals surface area contributed by atoms with Gasteiger partial charge in [0.1, 0.15) is 28.7 Å². The maximum absolute atomic E-state index is 16.8. The minimum Gasteiger partial charge on any atom is -0.508 e. The summed E-state index contributed by atoms with van der Waals surface area (Å²) in [7, 11) is 1.99. The number of piperidine rings is 1. The van der Waals surface area contributed by atoms with Gasteiger partial charge in [-0.3, -0.25) is 0 Å². The molecule has 2 bridgehead atoms.